The van der Waals surface area contributed by atoms with Gasteiger partial charge in [-0.2, -0.15) is 0 Å². The molecule has 0 fully saturated rings. The maximum atomic E-state index is 2.31. The van der Waals surface area contributed by atoms with Crippen molar-refractivity contribution < 1.29 is 0 Å². The Hall–Kier alpha value is -4.68. The van der Waals surface area contributed by atoms with Gasteiger partial charge < -0.3 is 0 Å². The minimum atomic E-state index is 1.04. The first kappa shape index (κ1) is 22.3. The molecular formula is C39H28. The average Bonchev–Trinajstić information content (AvgIpc) is 3.68. The summed E-state index contributed by atoms with van der Waals surface area (Å²) in [4.78, 5) is 0. The van der Waals surface area contributed by atoms with Gasteiger partial charge in [-0.05, 0) is 97.2 Å². The van der Waals surface area contributed by atoms with E-state index >= 15 is 0 Å². The lowest BCUT2D eigenvalue weighted by Gasteiger charge is -2.13. The van der Waals surface area contributed by atoms with Crippen LogP contribution >= 0.6 is 0 Å². The molecule has 0 unspecified atom stereocenters. The predicted octanol–water partition coefficient (Wildman–Crippen LogP) is 9.75. The molecule has 0 aliphatic heterocycles. The summed E-state index contributed by atoms with van der Waals surface area (Å²) in [5.74, 6) is 0. The van der Waals surface area contributed by atoms with E-state index in [0.29, 0.717) is 0 Å². The maximum Gasteiger partial charge on any atom is -0.000728 e. The van der Waals surface area contributed by atoms with Gasteiger partial charge in [-0.1, -0.05) is 133 Å². The molecule has 184 valence electrons. The van der Waals surface area contributed by atoms with Crippen LogP contribution in [0.2, 0.25) is 0 Å². The topological polar surface area (TPSA) is 0 Å². The molecule has 39 heavy (non-hydrogen) atoms. The van der Waals surface area contributed by atoms with Crippen molar-refractivity contribution in [2.75, 3.05) is 0 Å². The first-order chi connectivity index (χ1) is 19.3. The van der Waals surface area contributed by atoms with E-state index in [2.05, 4.69) is 133 Å². The Kier molecular flexibility index (Phi) is 5.13. The summed E-state index contributed by atoms with van der Waals surface area (Å²) in [7, 11) is 0. The summed E-state index contributed by atoms with van der Waals surface area (Å²) >= 11 is 0. The molecule has 0 spiro atoms. The fraction of sp³-hybridized carbons (Fsp3) is 0.0769. The SMILES string of the molecule is c1ccc2c(c1)Cc1c-2cccc1-c1cccc2c1Cc1ccccc1-2.c1ccc2c(c1)Cc1ccccc1-2. The Morgan fingerprint density at radius 2 is 0.487 bits per heavy atom. The van der Waals surface area contributed by atoms with Gasteiger partial charge in [-0.15, -0.1) is 0 Å². The van der Waals surface area contributed by atoms with Crippen LogP contribution in [0.25, 0.3) is 44.5 Å². The fourth-order valence-electron chi connectivity index (χ4n) is 6.90. The molecule has 0 bridgehead atoms. The molecule has 0 heterocycles. The summed E-state index contributed by atoms with van der Waals surface area (Å²) in [5, 5.41) is 0. The summed E-state index contributed by atoms with van der Waals surface area (Å²) in [6.07, 6.45) is 3.18. The van der Waals surface area contributed by atoms with E-state index in [4.69, 9.17) is 0 Å². The third kappa shape index (κ3) is 3.60. The largest absolute Gasteiger partial charge is 0.0619 e. The molecule has 6 aromatic carbocycles. The molecule has 0 radical (unpaired) electrons. The van der Waals surface area contributed by atoms with Crippen molar-refractivity contribution in [3.8, 4) is 44.5 Å². The van der Waals surface area contributed by atoms with Gasteiger partial charge in [-0.3, -0.25) is 0 Å². The third-order valence-corrected chi connectivity index (χ3v) is 8.70. The zero-order valence-corrected chi connectivity index (χ0v) is 21.8. The fourth-order valence-corrected chi connectivity index (χ4v) is 6.90. The van der Waals surface area contributed by atoms with E-state index in [9.17, 15) is 0 Å². The van der Waals surface area contributed by atoms with Gasteiger partial charge in [0.25, 0.3) is 0 Å². The minimum absolute atomic E-state index is 1.04. The number of benzene rings is 6. The van der Waals surface area contributed by atoms with E-state index in [1.807, 2.05) is 0 Å². The second kappa shape index (κ2) is 8.96. The Bertz CT molecular complexity index is 1750. The second-order valence-corrected chi connectivity index (χ2v) is 10.8. The maximum absolute atomic E-state index is 2.31. The van der Waals surface area contributed by atoms with Crippen LogP contribution in [-0.2, 0) is 19.3 Å². The Morgan fingerprint density at radius 3 is 0.872 bits per heavy atom. The zero-order chi connectivity index (χ0) is 25.8. The van der Waals surface area contributed by atoms with Crippen molar-refractivity contribution in [2.45, 2.75) is 19.3 Å². The molecule has 0 amide bonds. The quantitative estimate of drug-likeness (QED) is 0.212. The van der Waals surface area contributed by atoms with E-state index in [1.165, 1.54) is 77.9 Å². The molecular weight excluding hydrogens is 468 g/mol. The Morgan fingerprint density at radius 1 is 0.231 bits per heavy atom. The lowest BCUT2D eigenvalue weighted by molar-refractivity contribution is 1.24. The van der Waals surface area contributed by atoms with E-state index in [0.717, 1.165) is 19.3 Å². The van der Waals surface area contributed by atoms with Crippen LogP contribution in [0.1, 0.15) is 33.4 Å². The van der Waals surface area contributed by atoms with Gasteiger partial charge in [-0.25, -0.2) is 0 Å². The Labute approximate surface area is 230 Å². The van der Waals surface area contributed by atoms with E-state index in [1.54, 1.807) is 0 Å². The molecule has 6 aromatic rings. The minimum Gasteiger partial charge on any atom is -0.0619 e. The van der Waals surface area contributed by atoms with Crippen molar-refractivity contribution >= 4 is 0 Å². The Balaban J connectivity index is 0.000000151. The highest BCUT2D eigenvalue weighted by Crippen LogP contribution is 2.46. The lowest BCUT2D eigenvalue weighted by atomic mass is 9.90. The number of rotatable bonds is 1. The molecule has 0 nitrogen and oxygen atoms in total. The van der Waals surface area contributed by atoms with Crippen molar-refractivity contribution in [1.29, 1.82) is 0 Å². The monoisotopic (exact) mass is 496 g/mol. The van der Waals surface area contributed by atoms with Crippen LogP contribution in [0, 0.1) is 0 Å². The molecule has 0 heteroatoms. The van der Waals surface area contributed by atoms with Gasteiger partial charge in [0.2, 0.25) is 0 Å². The highest BCUT2D eigenvalue weighted by Gasteiger charge is 2.25. The highest BCUT2D eigenvalue weighted by molar-refractivity contribution is 5.90. The van der Waals surface area contributed by atoms with Gasteiger partial charge >= 0.3 is 0 Å². The lowest BCUT2D eigenvalue weighted by Crippen LogP contribution is -1.92. The summed E-state index contributed by atoms with van der Waals surface area (Å²) in [5.41, 5.74) is 20.1. The smallest absolute Gasteiger partial charge is 0.000728 e. The van der Waals surface area contributed by atoms with Crippen LogP contribution in [0.5, 0.6) is 0 Å². The highest BCUT2D eigenvalue weighted by atomic mass is 14.3. The predicted molar refractivity (Wildman–Crippen MR) is 163 cm³/mol. The number of hydrogen-bond donors (Lipinski definition) is 0. The summed E-state index contributed by atoms with van der Waals surface area (Å²) in [6, 6.07) is 48.6. The van der Waals surface area contributed by atoms with Crippen LogP contribution in [0.4, 0.5) is 0 Å². The first-order valence-electron chi connectivity index (χ1n) is 13.9. The normalized spacial score (nSPS) is 12.8. The van der Waals surface area contributed by atoms with Crippen molar-refractivity contribution in [3.05, 3.63) is 167 Å². The molecule has 0 saturated heterocycles. The van der Waals surface area contributed by atoms with Crippen LogP contribution in [0.3, 0.4) is 0 Å². The van der Waals surface area contributed by atoms with Crippen molar-refractivity contribution in [1.82, 2.24) is 0 Å². The average molecular weight is 497 g/mol. The third-order valence-electron chi connectivity index (χ3n) is 8.70. The molecule has 0 N–H and O–H groups in total. The van der Waals surface area contributed by atoms with Crippen LogP contribution in [-0.4, -0.2) is 0 Å². The molecule has 0 aromatic heterocycles. The molecule has 3 aliphatic rings. The van der Waals surface area contributed by atoms with E-state index < -0.39 is 0 Å². The molecule has 0 atom stereocenters. The standard InChI is InChI=1S/C26H18.C13H10/c1-3-9-19-17(7-1)15-25-21(19)11-5-13-23(25)24-14-6-12-22-20-10-4-2-8-18(20)16-26(22)24;1-3-7-12-10(5-1)9-11-6-2-4-8-13(11)12/h1-14H,15-16H2;1-8H,9H2. The number of fused-ring (bicyclic) bond motifs is 9. The van der Waals surface area contributed by atoms with Crippen LogP contribution < -0.4 is 0 Å². The second-order valence-electron chi connectivity index (χ2n) is 10.8. The first-order valence-corrected chi connectivity index (χ1v) is 13.9. The van der Waals surface area contributed by atoms with Crippen LogP contribution in [0.15, 0.2) is 133 Å². The summed E-state index contributed by atoms with van der Waals surface area (Å²) < 4.78 is 0. The molecule has 0 saturated carbocycles. The van der Waals surface area contributed by atoms with Gasteiger partial charge in [0.15, 0.2) is 0 Å². The molecule has 9 rings (SSSR count). The molecule has 3 aliphatic carbocycles. The van der Waals surface area contributed by atoms with E-state index in [-0.39, 0.29) is 0 Å². The van der Waals surface area contributed by atoms with Gasteiger partial charge in [0, 0.05) is 0 Å². The van der Waals surface area contributed by atoms with Crippen molar-refractivity contribution in [3.63, 3.8) is 0 Å². The number of hydrogen-bond acceptors (Lipinski definition) is 0. The van der Waals surface area contributed by atoms with Gasteiger partial charge in [0.1, 0.15) is 0 Å². The zero-order valence-electron chi connectivity index (χ0n) is 21.8. The summed E-state index contributed by atoms with van der Waals surface area (Å²) in [6.45, 7) is 0. The van der Waals surface area contributed by atoms with Crippen molar-refractivity contribution in [2.24, 2.45) is 0 Å². The van der Waals surface area contributed by atoms with Gasteiger partial charge in [0.05, 0.1) is 0 Å².